The Balaban J connectivity index is 1.80. The molecule has 0 aromatic carbocycles. The van der Waals surface area contributed by atoms with Crippen LogP contribution in [0.15, 0.2) is 24.4 Å². The highest BCUT2D eigenvalue weighted by Gasteiger charge is 2.28. The first-order valence-electron chi connectivity index (χ1n) is 7.32. The van der Waals surface area contributed by atoms with Crippen molar-refractivity contribution in [2.75, 3.05) is 0 Å². The van der Waals surface area contributed by atoms with E-state index in [-0.39, 0.29) is 0 Å². The minimum atomic E-state index is 0.349. The van der Waals surface area contributed by atoms with Crippen LogP contribution in [0.5, 0.6) is 0 Å². The van der Waals surface area contributed by atoms with Gasteiger partial charge in [-0.1, -0.05) is 26.3 Å². The van der Waals surface area contributed by atoms with E-state index in [0.29, 0.717) is 6.04 Å². The molecule has 2 rings (SSSR count). The summed E-state index contributed by atoms with van der Waals surface area (Å²) in [5.41, 5.74) is 7.55. The smallest absolute Gasteiger partial charge is 0.0404 e. The van der Waals surface area contributed by atoms with Gasteiger partial charge in [-0.2, -0.15) is 0 Å². The van der Waals surface area contributed by atoms with Crippen LogP contribution in [0.2, 0.25) is 0 Å². The lowest BCUT2D eigenvalue weighted by atomic mass is 9.72. The fraction of sp³-hybridized carbons (Fsp3) is 0.688. The summed E-state index contributed by atoms with van der Waals surface area (Å²) in [7, 11) is 0. The molecular weight excluding hydrogens is 220 g/mol. The van der Waals surface area contributed by atoms with Crippen molar-refractivity contribution in [3.8, 4) is 0 Å². The van der Waals surface area contributed by atoms with Gasteiger partial charge in [0.1, 0.15) is 0 Å². The predicted octanol–water partition coefficient (Wildman–Crippen LogP) is 3.41. The van der Waals surface area contributed by atoms with Crippen molar-refractivity contribution in [3.63, 3.8) is 0 Å². The van der Waals surface area contributed by atoms with Crippen LogP contribution in [0.3, 0.4) is 0 Å². The van der Waals surface area contributed by atoms with Gasteiger partial charge in [0.15, 0.2) is 0 Å². The monoisotopic (exact) mass is 246 g/mol. The highest BCUT2D eigenvalue weighted by atomic mass is 14.7. The molecule has 0 bridgehead atoms. The Hall–Kier alpha value is -0.890. The highest BCUT2D eigenvalue weighted by molar-refractivity contribution is 5.03. The molecule has 4 atom stereocenters. The highest BCUT2D eigenvalue weighted by Crippen LogP contribution is 2.35. The molecule has 100 valence electrons. The number of aromatic nitrogens is 1. The fourth-order valence-electron chi connectivity index (χ4n) is 3.07. The van der Waals surface area contributed by atoms with Crippen LogP contribution in [0.25, 0.3) is 0 Å². The van der Waals surface area contributed by atoms with Crippen LogP contribution in [0.1, 0.15) is 45.2 Å². The summed E-state index contributed by atoms with van der Waals surface area (Å²) in [6.07, 6.45) is 7.93. The maximum Gasteiger partial charge on any atom is 0.0404 e. The van der Waals surface area contributed by atoms with Crippen LogP contribution >= 0.6 is 0 Å². The molecule has 1 saturated carbocycles. The third-order valence-corrected chi connectivity index (χ3v) is 4.70. The van der Waals surface area contributed by atoms with Gasteiger partial charge in [0.05, 0.1) is 0 Å². The zero-order valence-corrected chi connectivity index (χ0v) is 11.7. The first kappa shape index (κ1) is 13.5. The number of hydrogen-bond acceptors (Lipinski definition) is 2. The lowest BCUT2D eigenvalue weighted by molar-refractivity contribution is 0.182. The minimum absolute atomic E-state index is 0.349. The molecule has 1 aliphatic rings. The molecule has 1 aromatic rings. The Bertz CT molecular complexity index is 349. The number of aryl methyl sites for hydroxylation is 1. The van der Waals surface area contributed by atoms with Crippen molar-refractivity contribution in [3.05, 3.63) is 30.1 Å². The second-order valence-corrected chi connectivity index (χ2v) is 6.05. The van der Waals surface area contributed by atoms with Crippen LogP contribution < -0.4 is 5.73 Å². The molecular formula is C16H26N2. The standard InChI is InChI=1S/C16H26N2/c1-12-6-7-14(11-13(12)2)16(17)9-8-15-5-3-4-10-18-15/h3-5,10,12-14,16H,6-9,11,17H2,1-2H3. The number of nitrogens with zero attached hydrogens (tertiary/aromatic N) is 1. The molecule has 1 fully saturated rings. The van der Waals surface area contributed by atoms with Crippen molar-refractivity contribution >= 4 is 0 Å². The van der Waals surface area contributed by atoms with Gasteiger partial charge in [-0.15, -0.1) is 0 Å². The molecule has 2 nitrogen and oxygen atoms in total. The molecule has 0 amide bonds. The van der Waals surface area contributed by atoms with E-state index < -0.39 is 0 Å². The van der Waals surface area contributed by atoms with Crippen molar-refractivity contribution in [1.82, 2.24) is 4.98 Å². The lowest BCUT2D eigenvalue weighted by Gasteiger charge is -2.35. The predicted molar refractivity (Wildman–Crippen MR) is 76.2 cm³/mol. The van der Waals surface area contributed by atoms with E-state index in [1.54, 1.807) is 0 Å². The largest absolute Gasteiger partial charge is 0.327 e. The first-order chi connectivity index (χ1) is 8.66. The molecule has 4 unspecified atom stereocenters. The van der Waals surface area contributed by atoms with Gasteiger partial charge in [0, 0.05) is 17.9 Å². The Morgan fingerprint density at radius 2 is 2.11 bits per heavy atom. The fourth-order valence-corrected chi connectivity index (χ4v) is 3.07. The van der Waals surface area contributed by atoms with Gasteiger partial charge in [0.2, 0.25) is 0 Å². The van der Waals surface area contributed by atoms with Gasteiger partial charge < -0.3 is 5.73 Å². The zero-order valence-electron chi connectivity index (χ0n) is 11.7. The summed E-state index contributed by atoms with van der Waals surface area (Å²) in [5.74, 6) is 2.44. The summed E-state index contributed by atoms with van der Waals surface area (Å²) in [4.78, 5) is 4.37. The van der Waals surface area contributed by atoms with Gasteiger partial charge in [-0.05, 0) is 55.6 Å². The molecule has 1 aromatic heterocycles. The lowest BCUT2D eigenvalue weighted by Crippen LogP contribution is -2.35. The Morgan fingerprint density at radius 3 is 2.78 bits per heavy atom. The zero-order chi connectivity index (χ0) is 13.0. The first-order valence-corrected chi connectivity index (χ1v) is 7.32. The Labute approximate surface area is 111 Å². The Kier molecular flexibility index (Phi) is 4.76. The summed E-state index contributed by atoms with van der Waals surface area (Å²) in [6.45, 7) is 4.75. The topological polar surface area (TPSA) is 38.9 Å². The third-order valence-electron chi connectivity index (χ3n) is 4.70. The number of hydrogen-bond donors (Lipinski definition) is 1. The minimum Gasteiger partial charge on any atom is -0.327 e. The normalized spacial score (nSPS) is 30.1. The van der Waals surface area contributed by atoms with E-state index in [0.717, 1.165) is 30.6 Å². The molecule has 0 saturated heterocycles. The molecule has 18 heavy (non-hydrogen) atoms. The summed E-state index contributed by atoms with van der Waals surface area (Å²) in [5, 5.41) is 0. The second-order valence-electron chi connectivity index (χ2n) is 6.05. The van der Waals surface area contributed by atoms with Gasteiger partial charge in [-0.3, -0.25) is 4.98 Å². The number of nitrogens with two attached hydrogens (primary N) is 1. The van der Waals surface area contributed by atoms with E-state index in [1.807, 2.05) is 12.3 Å². The van der Waals surface area contributed by atoms with Crippen LogP contribution in [-0.4, -0.2) is 11.0 Å². The van der Waals surface area contributed by atoms with Crippen molar-refractivity contribution in [2.45, 2.75) is 52.0 Å². The molecule has 2 heteroatoms. The van der Waals surface area contributed by atoms with Crippen LogP contribution in [0, 0.1) is 17.8 Å². The molecule has 1 aliphatic carbocycles. The summed E-state index contributed by atoms with van der Waals surface area (Å²) < 4.78 is 0. The Morgan fingerprint density at radius 1 is 1.28 bits per heavy atom. The average molecular weight is 246 g/mol. The van der Waals surface area contributed by atoms with E-state index >= 15 is 0 Å². The van der Waals surface area contributed by atoms with Gasteiger partial charge in [0.25, 0.3) is 0 Å². The third kappa shape index (κ3) is 3.55. The van der Waals surface area contributed by atoms with Crippen molar-refractivity contribution in [2.24, 2.45) is 23.5 Å². The van der Waals surface area contributed by atoms with E-state index in [1.165, 1.54) is 25.0 Å². The molecule has 2 N–H and O–H groups in total. The second kappa shape index (κ2) is 6.33. The van der Waals surface area contributed by atoms with E-state index in [2.05, 4.69) is 31.0 Å². The van der Waals surface area contributed by atoms with Crippen molar-refractivity contribution in [1.29, 1.82) is 0 Å². The SMILES string of the molecule is CC1CCC(C(N)CCc2ccccn2)CC1C. The maximum atomic E-state index is 6.38. The summed E-state index contributed by atoms with van der Waals surface area (Å²) >= 11 is 0. The molecule has 0 radical (unpaired) electrons. The van der Waals surface area contributed by atoms with Gasteiger partial charge >= 0.3 is 0 Å². The maximum absolute atomic E-state index is 6.38. The molecule has 0 spiro atoms. The van der Waals surface area contributed by atoms with E-state index in [9.17, 15) is 0 Å². The van der Waals surface area contributed by atoms with Gasteiger partial charge in [-0.25, -0.2) is 0 Å². The number of pyridine rings is 1. The van der Waals surface area contributed by atoms with Crippen LogP contribution in [0.4, 0.5) is 0 Å². The quantitative estimate of drug-likeness (QED) is 0.884. The van der Waals surface area contributed by atoms with E-state index in [4.69, 9.17) is 5.73 Å². The van der Waals surface area contributed by atoms with Crippen molar-refractivity contribution < 1.29 is 0 Å². The van der Waals surface area contributed by atoms with Crippen LogP contribution in [-0.2, 0) is 6.42 Å². The summed E-state index contributed by atoms with van der Waals surface area (Å²) in [6, 6.07) is 6.46. The molecule has 1 heterocycles. The average Bonchev–Trinajstić information content (AvgIpc) is 2.40. The molecule has 0 aliphatic heterocycles. The number of rotatable bonds is 4.